The molecule has 0 aliphatic heterocycles. The van der Waals surface area contributed by atoms with Crippen molar-refractivity contribution in [1.29, 1.82) is 0 Å². The SMILES string of the molecule is O=C(c1ccccc1)c1ccc2nc(NC(=O)C(F)(F)F)c(-c3ccc(F)cc3)n2c1. The molecule has 1 N–H and O–H groups in total. The van der Waals surface area contributed by atoms with Gasteiger partial charge in [-0.1, -0.05) is 30.3 Å². The van der Waals surface area contributed by atoms with Gasteiger partial charge in [-0.15, -0.1) is 0 Å². The Hall–Kier alpha value is -4.01. The summed E-state index contributed by atoms with van der Waals surface area (Å²) in [6, 6.07) is 16.3. The second-order valence-corrected chi connectivity index (χ2v) is 6.61. The molecule has 1 amide bonds. The number of amides is 1. The Bertz CT molecular complexity index is 1280. The number of benzene rings is 2. The second kappa shape index (κ2) is 7.67. The van der Waals surface area contributed by atoms with Gasteiger partial charge in [-0.2, -0.15) is 13.2 Å². The number of carbonyl (C=O) groups excluding carboxylic acids is 2. The maximum atomic E-state index is 13.4. The molecular weight excluding hydrogens is 414 g/mol. The minimum absolute atomic E-state index is 0.0790. The van der Waals surface area contributed by atoms with Crippen LogP contribution in [-0.4, -0.2) is 27.3 Å². The summed E-state index contributed by atoms with van der Waals surface area (Å²) in [5.74, 6) is -3.40. The standard InChI is InChI=1S/C22H13F4N3O2/c23-16-9-6-13(7-10-16)18-20(28-21(31)22(24,25)26)27-17-11-8-15(12-29(17)18)19(30)14-4-2-1-3-5-14/h1-12H,(H,28,31). The number of aromatic nitrogens is 2. The third-order valence-corrected chi connectivity index (χ3v) is 4.52. The minimum atomic E-state index is -5.12. The van der Waals surface area contributed by atoms with E-state index in [9.17, 15) is 27.2 Å². The van der Waals surface area contributed by atoms with Crippen LogP contribution < -0.4 is 5.32 Å². The van der Waals surface area contributed by atoms with E-state index in [0.29, 0.717) is 11.1 Å². The van der Waals surface area contributed by atoms with Gasteiger partial charge in [-0.05, 0) is 36.4 Å². The Kier molecular flexibility index (Phi) is 5.02. The van der Waals surface area contributed by atoms with Crippen molar-refractivity contribution < 1.29 is 27.2 Å². The maximum Gasteiger partial charge on any atom is 0.471 e. The molecule has 0 saturated carbocycles. The van der Waals surface area contributed by atoms with Gasteiger partial charge in [0.2, 0.25) is 0 Å². The van der Waals surface area contributed by atoms with E-state index in [4.69, 9.17) is 0 Å². The summed E-state index contributed by atoms with van der Waals surface area (Å²) < 4.78 is 53.1. The van der Waals surface area contributed by atoms with Crippen LogP contribution >= 0.6 is 0 Å². The zero-order chi connectivity index (χ0) is 22.2. The normalized spacial score (nSPS) is 11.5. The molecule has 0 aliphatic carbocycles. The number of carbonyl (C=O) groups is 2. The number of hydrogen-bond donors (Lipinski definition) is 1. The molecule has 2 aromatic heterocycles. The lowest BCUT2D eigenvalue weighted by molar-refractivity contribution is -0.167. The Balaban J connectivity index is 1.87. The van der Waals surface area contributed by atoms with Crippen LogP contribution in [0, 0.1) is 5.82 Å². The summed E-state index contributed by atoms with van der Waals surface area (Å²) in [7, 11) is 0. The molecule has 0 saturated heterocycles. The highest BCUT2D eigenvalue weighted by Gasteiger charge is 2.39. The molecule has 0 radical (unpaired) electrons. The predicted molar refractivity (Wildman–Crippen MR) is 105 cm³/mol. The van der Waals surface area contributed by atoms with E-state index in [1.165, 1.54) is 34.9 Å². The van der Waals surface area contributed by atoms with Gasteiger partial charge in [-0.25, -0.2) is 9.37 Å². The van der Waals surface area contributed by atoms with Crippen molar-refractivity contribution in [3.63, 3.8) is 0 Å². The van der Waals surface area contributed by atoms with Crippen LogP contribution in [0.2, 0.25) is 0 Å². The molecular formula is C22H13F4N3O2. The Morgan fingerprint density at radius 1 is 0.871 bits per heavy atom. The van der Waals surface area contributed by atoms with E-state index < -0.39 is 17.9 Å². The zero-order valence-electron chi connectivity index (χ0n) is 15.7. The number of fused-ring (bicyclic) bond motifs is 1. The topological polar surface area (TPSA) is 63.5 Å². The van der Waals surface area contributed by atoms with Gasteiger partial charge in [0.1, 0.15) is 11.5 Å². The highest BCUT2D eigenvalue weighted by atomic mass is 19.4. The smallest absolute Gasteiger partial charge is 0.301 e. The average molecular weight is 427 g/mol. The Labute approximate surface area is 173 Å². The van der Waals surface area contributed by atoms with Gasteiger partial charge in [0.15, 0.2) is 11.6 Å². The van der Waals surface area contributed by atoms with Crippen LogP contribution in [0.1, 0.15) is 15.9 Å². The fraction of sp³-hybridized carbons (Fsp3) is 0.0455. The molecule has 0 bridgehead atoms. The summed E-state index contributed by atoms with van der Waals surface area (Å²) in [6.45, 7) is 0. The lowest BCUT2D eigenvalue weighted by atomic mass is 10.1. The van der Waals surface area contributed by atoms with Crippen LogP contribution in [-0.2, 0) is 4.79 Å². The summed E-state index contributed by atoms with van der Waals surface area (Å²) in [6.07, 6.45) is -3.70. The molecule has 0 aliphatic rings. The fourth-order valence-electron chi connectivity index (χ4n) is 3.08. The number of halogens is 4. The van der Waals surface area contributed by atoms with Gasteiger partial charge >= 0.3 is 12.1 Å². The summed E-state index contributed by atoms with van der Waals surface area (Å²) in [5, 5.41) is 1.76. The number of nitrogens with one attached hydrogen (secondary N) is 1. The third-order valence-electron chi connectivity index (χ3n) is 4.52. The van der Waals surface area contributed by atoms with Crippen molar-refractivity contribution in [2.75, 3.05) is 5.32 Å². The number of ketones is 1. The number of alkyl halides is 3. The van der Waals surface area contributed by atoms with Gasteiger partial charge in [0, 0.05) is 22.9 Å². The monoisotopic (exact) mass is 427 g/mol. The first-order valence-corrected chi connectivity index (χ1v) is 9.00. The quantitative estimate of drug-likeness (QED) is 0.373. The average Bonchev–Trinajstić information content (AvgIpc) is 3.10. The number of nitrogens with zero attached hydrogens (tertiary/aromatic N) is 2. The van der Waals surface area contributed by atoms with Gasteiger partial charge < -0.3 is 5.32 Å². The number of hydrogen-bond acceptors (Lipinski definition) is 3. The van der Waals surface area contributed by atoms with Crippen molar-refractivity contribution in [3.05, 3.63) is 89.9 Å². The highest BCUT2D eigenvalue weighted by molar-refractivity contribution is 6.09. The van der Waals surface area contributed by atoms with E-state index in [1.807, 2.05) is 0 Å². The molecule has 0 unspecified atom stereocenters. The van der Waals surface area contributed by atoms with Crippen molar-refractivity contribution >= 4 is 23.2 Å². The molecule has 2 aromatic carbocycles. The van der Waals surface area contributed by atoms with Crippen LogP contribution in [0.15, 0.2) is 72.9 Å². The summed E-state index contributed by atoms with van der Waals surface area (Å²) >= 11 is 0. The van der Waals surface area contributed by atoms with Gasteiger partial charge in [0.25, 0.3) is 0 Å². The van der Waals surface area contributed by atoms with Crippen LogP contribution in [0.3, 0.4) is 0 Å². The van der Waals surface area contributed by atoms with Crippen molar-refractivity contribution in [2.45, 2.75) is 6.18 Å². The predicted octanol–water partition coefficient (Wildman–Crippen LogP) is 4.87. The molecule has 0 spiro atoms. The molecule has 2 heterocycles. The number of pyridine rings is 1. The second-order valence-electron chi connectivity index (χ2n) is 6.61. The fourth-order valence-corrected chi connectivity index (χ4v) is 3.08. The molecule has 5 nitrogen and oxygen atoms in total. The third kappa shape index (κ3) is 4.02. The highest BCUT2D eigenvalue weighted by Crippen LogP contribution is 2.31. The molecule has 4 rings (SSSR count). The minimum Gasteiger partial charge on any atom is -0.301 e. The van der Waals surface area contributed by atoms with E-state index in [-0.39, 0.29) is 28.5 Å². The van der Waals surface area contributed by atoms with Crippen molar-refractivity contribution in [2.24, 2.45) is 0 Å². The van der Waals surface area contributed by atoms with Crippen LogP contribution in [0.25, 0.3) is 16.9 Å². The summed E-state index contributed by atoms with van der Waals surface area (Å²) in [5.41, 5.74) is 1.26. The molecule has 4 aromatic rings. The zero-order valence-corrected chi connectivity index (χ0v) is 15.7. The van der Waals surface area contributed by atoms with E-state index in [2.05, 4.69) is 4.98 Å². The lowest BCUT2D eigenvalue weighted by Crippen LogP contribution is -2.30. The van der Waals surface area contributed by atoms with E-state index >= 15 is 0 Å². The van der Waals surface area contributed by atoms with E-state index in [0.717, 1.165) is 12.1 Å². The van der Waals surface area contributed by atoms with Crippen molar-refractivity contribution in [3.8, 4) is 11.3 Å². The van der Waals surface area contributed by atoms with Crippen molar-refractivity contribution in [1.82, 2.24) is 9.38 Å². The van der Waals surface area contributed by atoms with Crippen LogP contribution in [0.4, 0.5) is 23.4 Å². The summed E-state index contributed by atoms with van der Waals surface area (Å²) in [4.78, 5) is 28.4. The number of anilines is 1. The Morgan fingerprint density at radius 3 is 2.19 bits per heavy atom. The number of imidazole rings is 1. The largest absolute Gasteiger partial charge is 0.471 e. The van der Waals surface area contributed by atoms with Gasteiger partial charge in [0.05, 0.1) is 5.69 Å². The first-order chi connectivity index (χ1) is 14.7. The first kappa shape index (κ1) is 20.3. The van der Waals surface area contributed by atoms with Gasteiger partial charge in [-0.3, -0.25) is 14.0 Å². The molecule has 156 valence electrons. The number of rotatable bonds is 4. The maximum absolute atomic E-state index is 13.4. The molecule has 31 heavy (non-hydrogen) atoms. The first-order valence-electron chi connectivity index (χ1n) is 9.00. The molecule has 9 heteroatoms. The molecule has 0 atom stereocenters. The van der Waals surface area contributed by atoms with E-state index in [1.54, 1.807) is 35.6 Å². The van der Waals surface area contributed by atoms with Crippen LogP contribution in [0.5, 0.6) is 0 Å². The molecule has 0 fully saturated rings. The Morgan fingerprint density at radius 2 is 1.55 bits per heavy atom. The lowest BCUT2D eigenvalue weighted by Gasteiger charge is -2.09.